The van der Waals surface area contributed by atoms with Gasteiger partial charge in [-0.3, -0.25) is 4.79 Å². The molecular formula is C12H25N3O2. The SMILES string of the molecule is COCCN(C)CCNC(=O)CC1CCCN1. The molecule has 1 aliphatic rings. The molecule has 1 heterocycles. The predicted octanol–water partition coefficient (Wildman–Crippen LogP) is -0.177. The zero-order valence-electron chi connectivity index (χ0n) is 11.0. The lowest BCUT2D eigenvalue weighted by Crippen LogP contribution is -2.37. The van der Waals surface area contributed by atoms with Crippen LogP contribution in [0.25, 0.3) is 0 Å². The second kappa shape index (κ2) is 8.44. The Hall–Kier alpha value is -0.650. The van der Waals surface area contributed by atoms with Crippen LogP contribution in [-0.2, 0) is 9.53 Å². The lowest BCUT2D eigenvalue weighted by atomic mass is 10.1. The molecule has 1 saturated heterocycles. The maximum Gasteiger partial charge on any atom is 0.221 e. The molecule has 5 nitrogen and oxygen atoms in total. The van der Waals surface area contributed by atoms with Gasteiger partial charge in [-0.1, -0.05) is 0 Å². The van der Waals surface area contributed by atoms with Crippen molar-refractivity contribution in [2.24, 2.45) is 0 Å². The predicted molar refractivity (Wildman–Crippen MR) is 68.0 cm³/mol. The van der Waals surface area contributed by atoms with E-state index in [0.29, 0.717) is 19.0 Å². The van der Waals surface area contributed by atoms with Crippen LogP contribution in [0.4, 0.5) is 0 Å². The number of amides is 1. The van der Waals surface area contributed by atoms with Gasteiger partial charge in [0.2, 0.25) is 5.91 Å². The highest BCUT2D eigenvalue weighted by molar-refractivity contribution is 5.76. The summed E-state index contributed by atoms with van der Waals surface area (Å²) in [6.45, 7) is 4.27. The summed E-state index contributed by atoms with van der Waals surface area (Å²) in [5.74, 6) is 0.157. The van der Waals surface area contributed by atoms with E-state index in [0.717, 1.165) is 32.7 Å². The molecule has 0 spiro atoms. The number of nitrogens with zero attached hydrogens (tertiary/aromatic N) is 1. The highest BCUT2D eigenvalue weighted by atomic mass is 16.5. The topological polar surface area (TPSA) is 53.6 Å². The van der Waals surface area contributed by atoms with Crippen molar-refractivity contribution in [1.29, 1.82) is 0 Å². The number of carbonyl (C=O) groups is 1. The molecule has 1 fully saturated rings. The van der Waals surface area contributed by atoms with Gasteiger partial charge in [0.1, 0.15) is 0 Å². The maximum atomic E-state index is 11.6. The van der Waals surface area contributed by atoms with Gasteiger partial charge in [-0.2, -0.15) is 0 Å². The number of methoxy groups -OCH3 is 1. The second-order valence-corrected chi connectivity index (χ2v) is 4.64. The summed E-state index contributed by atoms with van der Waals surface area (Å²) in [6, 6.07) is 0.390. The van der Waals surface area contributed by atoms with Crippen LogP contribution in [-0.4, -0.2) is 63.8 Å². The highest BCUT2D eigenvalue weighted by Gasteiger charge is 2.17. The van der Waals surface area contributed by atoms with Crippen LogP contribution >= 0.6 is 0 Å². The molecule has 0 saturated carbocycles. The van der Waals surface area contributed by atoms with Crippen LogP contribution in [0.3, 0.4) is 0 Å². The van der Waals surface area contributed by atoms with Crippen LogP contribution in [0, 0.1) is 0 Å². The van der Waals surface area contributed by atoms with E-state index < -0.39 is 0 Å². The fourth-order valence-electron chi connectivity index (χ4n) is 1.97. The lowest BCUT2D eigenvalue weighted by molar-refractivity contribution is -0.121. The van der Waals surface area contributed by atoms with Gasteiger partial charge in [-0.25, -0.2) is 0 Å². The summed E-state index contributed by atoms with van der Waals surface area (Å²) >= 11 is 0. The van der Waals surface area contributed by atoms with Crippen molar-refractivity contribution in [3.05, 3.63) is 0 Å². The Bertz CT molecular complexity index is 218. The van der Waals surface area contributed by atoms with Crippen molar-refractivity contribution in [2.75, 3.05) is 46.9 Å². The molecule has 1 amide bonds. The average Bonchev–Trinajstić information content (AvgIpc) is 2.79. The summed E-state index contributed by atoms with van der Waals surface area (Å²) in [4.78, 5) is 13.8. The number of carbonyl (C=O) groups excluding carboxylic acids is 1. The maximum absolute atomic E-state index is 11.6. The van der Waals surface area contributed by atoms with Crippen LogP contribution in [0.15, 0.2) is 0 Å². The van der Waals surface area contributed by atoms with Gasteiger partial charge >= 0.3 is 0 Å². The molecule has 1 unspecified atom stereocenters. The first kappa shape index (κ1) is 14.4. The van der Waals surface area contributed by atoms with Crippen LogP contribution in [0.1, 0.15) is 19.3 Å². The third kappa shape index (κ3) is 6.61. The van der Waals surface area contributed by atoms with Crippen molar-refractivity contribution in [1.82, 2.24) is 15.5 Å². The zero-order valence-corrected chi connectivity index (χ0v) is 11.0. The van der Waals surface area contributed by atoms with E-state index in [2.05, 4.69) is 15.5 Å². The molecule has 2 N–H and O–H groups in total. The second-order valence-electron chi connectivity index (χ2n) is 4.64. The average molecular weight is 243 g/mol. The van der Waals surface area contributed by atoms with E-state index in [-0.39, 0.29) is 5.91 Å². The van der Waals surface area contributed by atoms with Gasteiger partial charge in [0.25, 0.3) is 0 Å². The summed E-state index contributed by atoms with van der Waals surface area (Å²) in [5.41, 5.74) is 0. The zero-order chi connectivity index (χ0) is 12.5. The first-order valence-corrected chi connectivity index (χ1v) is 6.40. The fraction of sp³-hybridized carbons (Fsp3) is 0.917. The molecule has 0 radical (unpaired) electrons. The van der Waals surface area contributed by atoms with Crippen molar-refractivity contribution in [2.45, 2.75) is 25.3 Å². The van der Waals surface area contributed by atoms with E-state index in [9.17, 15) is 4.79 Å². The molecule has 1 aliphatic heterocycles. The quantitative estimate of drug-likeness (QED) is 0.621. The largest absolute Gasteiger partial charge is 0.383 e. The molecule has 1 atom stereocenters. The molecular weight excluding hydrogens is 218 g/mol. The molecule has 100 valence electrons. The van der Waals surface area contributed by atoms with Gasteiger partial charge in [-0.05, 0) is 26.4 Å². The number of ether oxygens (including phenoxy) is 1. The molecule has 0 bridgehead atoms. The Balaban J connectivity index is 1.99. The third-order valence-corrected chi connectivity index (χ3v) is 3.09. The number of likely N-dealkylation sites (N-methyl/N-ethyl adjacent to an activating group) is 1. The van der Waals surface area contributed by atoms with Gasteiger partial charge in [0.15, 0.2) is 0 Å². The molecule has 5 heteroatoms. The Morgan fingerprint density at radius 3 is 3.00 bits per heavy atom. The minimum absolute atomic E-state index is 0.157. The van der Waals surface area contributed by atoms with Crippen molar-refractivity contribution >= 4 is 5.91 Å². The number of rotatable bonds is 8. The van der Waals surface area contributed by atoms with Crippen molar-refractivity contribution in [3.63, 3.8) is 0 Å². The van der Waals surface area contributed by atoms with Crippen molar-refractivity contribution in [3.8, 4) is 0 Å². The van der Waals surface area contributed by atoms with E-state index in [1.54, 1.807) is 7.11 Å². The number of nitrogens with one attached hydrogen (secondary N) is 2. The minimum atomic E-state index is 0.157. The molecule has 1 rings (SSSR count). The van der Waals surface area contributed by atoms with Crippen molar-refractivity contribution < 1.29 is 9.53 Å². The number of hydrogen-bond donors (Lipinski definition) is 2. The van der Waals surface area contributed by atoms with Gasteiger partial charge in [0, 0.05) is 39.2 Å². The van der Waals surface area contributed by atoms with Crippen LogP contribution in [0.2, 0.25) is 0 Å². The summed E-state index contributed by atoms with van der Waals surface area (Å²) in [6.07, 6.45) is 2.93. The normalized spacial score (nSPS) is 19.8. The van der Waals surface area contributed by atoms with Gasteiger partial charge in [-0.15, -0.1) is 0 Å². The Kier molecular flexibility index (Phi) is 7.16. The minimum Gasteiger partial charge on any atom is -0.383 e. The molecule has 17 heavy (non-hydrogen) atoms. The summed E-state index contributed by atoms with van der Waals surface area (Å²) in [7, 11) is 3.73. The third-order valence-electron chi connectivity index (χ3n) is 3.09. The van der Waals surface area contributed by atoms with E-state index in [4.69, 9.17) is 4.74 Å². The first-order chi connectivity index (χ1) is 8.22. The molecule has 0 aromatic heterocycles. The molecule has 0 aromatic carbocycles. The standard InChI is InChI=1S/C12H25N3O2/c1-15(8-9-17-2)7-6-14-12(16)10-11-4-3-5-13-11/h11,13H,3-10H2,1-2H3,(H,14,16). The summed E-state index contributed by atoms with van der Waals surface area (Å²) in [5, 5.41) is 6.28. The van der Waals surface area contributed by atoms with Crippen LogP contribution < -0.4 is 10.6 Å². The Labute approximate surface area is 104 Å². The van der Waals surface area contributed by atoms with E-state index >= 15 is 0 Å². The number of hydrogen-bond acceptors (Lipinski definition) is 4. The van der Waals surface area contributed by atoms with Crippen LogP contribution in [0.5, 0.6) is 0 Å². The lowest BCUT2D eigenvalue weighted by Gasteiger charge is -2.16. The fourth-order valence-corrected chi connectivity index (χ4v) is 1.97. The van der Waals surface area contributed by atoms with Gasteiger partial charge in [0.05, 0.1) is 6.61 Å². The van der Waals surface area contributed by atoms with Gasteiger partial charge < -0.3 is 20.3 Å². The van der Waals surface area contributed by atoms with E-state index in [1.807, 2.05) is 7.05 Å². The first-order valence-electron chi connectivity index (χ1n) is 6.40. The highest BCUT2D eigenvalue weighted by Crippen LogP contribution is 2.07. The monoisotopic (exact) mass is 243 g/mol. The Morgan fingerprint density at radius 2 is 2.35 bits per heavy atom. The Morgan fingerprint density at radius 1 is 1.53 bits per heavy atom. The summed E-state index contributed by atoms with van der Waals surface area (Å²) < 4.78 is 4.99. The molecule has 0 aliphatic carbocycles. The molecule has 0 aromatic rings. The van der Waals surface area contributed by atoms with E-state index in [1.165, 1.54) is 6.42 Å². The smallest absolute Gasteiger partial charge is 0.221 e.